The Bertz CT molecular complexity index is 1580. The second-order valence-electron chi connectivity index (χ2n) is 10.3. The topological polar surface area (TPSA) is 97.2 Å². The van der Waals surface area contributed by atoms with Crippen LogP contribution in [0.1, 0.15) is 23.7 Å². The number of hydrogen-bond acceptors (Lipinski definition) is 8. The van der Waals surface area contributed by atoms with Gasteiger partial charge in [0.2, 0.25) is 5.95 Å². The lowest BCUT2D eigenvalue weighted by Crippen LogP contribution is -2.20. The second kappa shape index (κ2) is 10.8. The number of aromatic nitrogens is 4. The SMILES string of the molecule is COc1cc2c(cc1Nc1ncc(Br)c(Nc3ccccc3P(C)(C)=O)n1)-c1cnn(C)c1CCC2N(C)C. The lowest BCUT2D eigenvalue weighted by molar-refractivity contribution is 0.284. The van der Waals surface area contributed by atoms with E-state index in [4.69, 9.17) is 9.72 Å². The quantitative estimate of drug-likeness (QED) is 0.249. The van der Waals surface area contributed by atoms with E-state index in [-0.39, 0.29) is 6.04 Å². The van der Waals surface area contributed by atoms with Crippen molar-refractivity contribution in [3.05, 3.63) is 64.5 Å². The zero-order valence-electron chi connectivity index (χ0n) is 23.0. The predicted molar refractivity (Wildman–Crippen MR) is 162 cm³/mol. The number of aryl methyl sites for hydroxylation is 1. The van der Waals surface area contributed by atoms with Gasteiger partial charge in [-0.2, -0.15) is 10.1 Å². The number of anilines is 4. The zero-order valence-corrected chi connectivity index (χ0v) is 25.5. The molecule has 1 unspecified atom stereocenters. The van der Waals surface area contributed by atoms with Crippen LogP contribution in [0.5, 0.6) is 5.75 Å². The number of methoxy groups -OCH3 is 1. The molecule has 0 amide bonds. The van der Waals surface area contributed by atoms with Gasteiger partial charge in [0.05, 0.1) is 29.2 Å². The molecule has 1 atom stereocenters. The van der Waals surface area contributed by atoms with Crippen molar-refractivity contribution in [2.75, 3.05) is 45.2 Å². The molecule has 0 bridgehead atoms. The molecule has 0 saturated carbocycles. The molecule has 1 aliphatic rings. The van der Waals surface area contributed by atoms with Crippen LogP contribution in [0, 0.1) is 0 Å². The third-order valence-electron chi connectivity index (χ3n) is 7.09. The van der Waals surface area contributed by atoms with E-state index in [1.54, 1.807) is 26.6 Å². The molecule has 1 aliphatic carbocycles. The zero-order chi connectivity index (χ0) is 27.9. The summed E-state index contributed by atoms with van der Waals surface area (Å²) in [4.78, 5) is 11.5. The summed E-state index contributed by atoms with van der Waals surface area (Å²) in [6, 6.07) is 12.0. The predicted octanol–water partition coefficient (Wildman–Crippen LogP) is 5.93. The van der Waals surface area contributed by atoms with Crippen molar-refractivity contribution in [1.82, 2.24) is 24.6 Å². The van der Waals surface area contributed by atoms with E-state index in [0.717, 1.165) is 40.6 Å². The Kier molecular flexibility index (Phi) is 7.55. The highest BCUT2D eigenvalue weighted by Gasteiger charge is 2.28. The fraction of sp³-hybridized carbons (Fsp3) is 0.321. The molecule has 0 fully saturated rings. The van der Waals surface area contributed by atoms with Crippen LogP contribution in [0.15, 0.2) is 53.3 Å². The van der Waals surface area contributed by atoms with Crippen molar-refractivity contribution in [3.63, 3.8) is 0 Å². The van der Waals surface area contributed by atoms with Crippen molar-refractivity contribution in [2.24, 2.45) is 7.05 Å². The van der Waals surface area contributed by atoms with Gasteiger partial charge in [0, 0.05) is 35.8 Å². The fourth-order valence-electron chi connectivity index (χ4n) is 5.13. The molecule has 0 aliphatic heterocycles. The molecule has 11 heteroatoms. The van der Waals surface area contributed by atoms with E-state index in [9.17, 15) is 4.57 Å². The van der Waals surface area contributed by atoms with Crippen LogP contribution in [0.25, 0.3) is 11.1 Å². The first kappa shape index (κ1) is 27.4. The third-order valence-corrected chi connectivity index (χ3v) is 9.22. The number of para-hydroxylation sites is 1. The Labute approximate surface area is 237 Å². The summed E-state index contributed by atoms with van der Waals surface area (Å²) in [6.45, 7) is 3.52. The third kappa shape index (κ3) is 5.46. The Morgan fingerprint density at radius 3 is 2.59 bits per heavy atom. The summed E-state index contributed by atoms with van der Waals surface area (Å²) in [5, 5.41) is 12.0. The Hall–Kier alpha value is -3.20. The van der Waals surface area contributed by atoms with Crippen LogP contribution < -0.4 is 20.7 Å². The van der Waals surface area contributed by atoms with E-state index < -0.39 is 7.14 Å². The molecule has 2 heterocycles. The van der Waals surface area contributed by atoms with Crippen molar-refractivity contribution < 1.29 is 9.30 Å². The van der Waals surface area contributed by atoms with Crippen LogP contribution in [0.4, 0.5) is 23.1 Å². The van der Waals surface area contributed by atoms with Gasteiger partial charge in [-0.15, -0.1) is 0 Å². The summed E-state index contributed by atoms with van der Waals surface area (Å²) in [5.74, 6) is 1.67. The number of rotatable bonds is 7. The number of nitrogens with zero attached hydrogens (tertiary/aromatic N) is 5. The van der Waals surface area contributed by atoms with Gasteiger partial charge in [-0.05, 0) is 91.6 Å². The van der Waals surface area contributed by atoms with Crippen molar-refractivity contribution in [3.8, 4) is 16.9 Å². The van der Waals surface area contributed by atoms with E-state index >= 15 is 0 Å². The Morgan fingerprint density at radius 2 is 1.87 bits per heavy atom. The molecule has 4 aromatic rings. The van der Waals surface area contributed by atoms with Crippen molar-refractivity contribution in [1.29, 1.82) is 0 Å². The summed E-state index contributed by atoms with van der Waals surface area (Å²) < 4.78 is 21.4. The molecule has 2 N–H and O–H groups in total. The monoisotopic (exact) mass is 609 g/mol. The van der Waals surface area contributed by atoms with Crippen molar-refractivity contribution in [2.45, 2.75) is 18.9 Å². The van der Waals surface area contributed by atoms with Crippen LogP contribution in [-0.4, -0.2) is 59.2 Å². The first-order valence-electron chi connectivity index (χ1n) is 12.7. The standard InChI is InChI=1S/C28H33BrN7O2P/c1-35(2)23-11-12-24-19(15-31-36(24)3)17-13-22(25(38-4)14-18(17)23)33-28-30-16-20(29)27(34-28)32-21-9-7-8-10-26(21)39(5,6)37/h7-10,13-16,23H,11-12H2,1-6H3,(H2,30,32,33,34). The number of nitrogens with one attached hydrogen (secondary N) is 2. The van der Waals surface area contributed by atoms with E-state index in [2.05, 4.69) is 67.8 Å². The van der Waals surface area contributed by atoms with Crippen LogP contribution in [-0.2, 0) is 18.0 Å². The average molecular weight is 610 g/mol. The summed E-state index contributed by atoms with van der Waals surface area (Å²) in [5.41, 5.74) is 6.16. The lowest BCUT2D eigenvalue weighted by Gasteiger charge is -2.26. The molecular weight excluding hydrogens is 577 g/mol. The molecule has 9 nitrogen and oxygen atoms in total. The number of fused-ring (bicyclic) bond motifs is 3. The normalized spacial score (nSPS) is 14.9. The van der Waals surface area contributed by atoms with Gasteiger partial charge in [-0.3, -0.25) is 4.68 Å². The van der Waals surface area contributed by atoms with Crippen LogP contribution >= 0.6 is 23.1 Å². The number of benzene rings is 2. The van der Waals surface area contributed by atoms with E-state index in [1.165, 1.54) is 11.3 Å². The first-order valence-corrected chi connectivity index (χ1v) is 16.1. The largest absolute Gasteiger partial charge is 0.495 e. The average Bonchev–Trinajstić information content (AvgIpc) is 3.17. The molecule has 2 aromatic carbocycles. The fourth-order valence-corrected chi connectivity index (χ4v) is 6.58. The Balaban J connectivity index is 1.55. The van der Waals surface area contributed by atoms with Gasteiger partial charge < -0.3 is 24.8 Å². The molecule has 0 radical (unpaired) electrons. The highest BCUT2D eigenvalue weighted by molar-refractivity contribution is 9.10. The Morgan fingerprint density at radius 1 is 1.10 bits per heavy atom. The van der Waals surface area contributed by atoms with Crippen LogP contribution in [0.2, 0.25) is 0 Å². The molecule has 39 heavy (non-hydrogen) atoms. The van der Waals surface area contributed by atoms with E-state index in [0.29, 0.717) is 22.0 Å². The van der Waals surface area contributed by atoms with Gasteiger partial charge in [0.1, 0.15) is 18.7 Å². The van der Waals surface area contributed by atoms with Gasteiger partial charge in [-0.25, -0.2) is 4.98 Å². The van der Waals surface area contributed by atoms with Gasteiger partial charge in [0.15, 0.2) is 0 Å². The summed E-state index contributed by atoms with van der Waals surface area (Å²) in [7, 11) is 5.39. The highest BCUT2D eigenvalue weighted by atomic mass is 79.9. The second-order valence-corrected chi connectivity index (χ2v) is 14.3. The van der Waals surface area contributed by atoms with Crippen LogP contribution in [0.3, 0.4) is 0 Å². The highest BCUT2D eigenvalue weighted by Crippen LogP contribution is 2.44. The van der Waals surface area contributed by atoms with Gasteiger partial charge in [-0.1, -0.05) is 12.1 Å². The van der Waals surface area contributed by atoms with Gasteiger partial charge >= 0.3 is 0 Å². The maximum atomic E-state index is 12.9. The number of ether oxygens (including phenoxy) is 1. The molecule has 0 spiro atoms. The maximum Gasteiger partial charge on any atom is 0.229 e. The smallest absolute Gasteiger partial charge is 0.229 e. The molecule has 5 rings (SSSR count). The summed E-state index contributed by atoms with van der Waals surface area (Å²) >= 11 is 3.55. The number of hydrogen-bond donors (Lipinski definition) is 2. The van der Waals surface area contributed by atoms with Crippen molar-refractivity contribution >= 4 is 51.5 Å². The minimum absolute atomic E-state index is 0.239. The molecular formula is C28H33BrN7O2P. The summed E-state index contributed by atoms with van der Waals surface area (Å²) in [6.07, 6.45) is 5.55. The maximum absolute atomic E-state index is 12.9. The number of halogens is 1. The first-order chi connectivity index (χ1) is 18.6. The van der Waals surface area contributed by atoms with Gasteiger partial charge in [0.25, 0.3) is 0 Å². The van der Waals surface area contributed by atoms with E-state index in [1.807, 2.05) is 42.2 Å². The lowest BCUT2D eigenvalue weighted by atomic mass is 9.95. The minimum Gasteiger partial charge on any atom is -0.495 e. The molecule has 2 aromatic heterocycles. The molecule has 0 saturated heterocycles. The minimum atomic E-state index is -2.50. The molecule has 204 valence electrons.